The zero-order chi connectivity index (χ0) is 69.0. The quantitative estimate of drug-likeness (QED) is 0.0109. The van der Waals surface area contributed by atoms with E-state index in [-0.39, 0.29) is 159 Å². The standard InChI is InChI=1S/C54H78O39/c55-1-7-73-13-19-82-43(61)25-39(51(69)85-22-16-76-10-4-58)28-46(64)88-33-79-35-90-49(67)31-42(54(72)93-38-81-37-92-48(66)30-41(53(71)87-24-18-78-12-6-60)27-45(63)84-21-15-75-9-3-57)32-50(68)91-36-80-34-89-47(65)29-40(52(70)86-23-17-77-11-5-59)26-44(62)83-20-14-74-8-2-56/h28-31,55-60H,1-27,32-38H2/b39-28-,40-29-,41-30-,42-31-. The molecule has 0 saturated heterocycles. The Morgan fingerprint density at radius 3 is 0.634 bits per heavy atom. The summed E-state index contributed by atoms with van der Waals surface area (Å²) in [6, 6.07) is 0. The summed E-state index contributed by atoms with van der Waals surface area (Å²) in [5.41, 5.74) is -2.50. The monoisotopic (exact) mass is 1350 g/mol. The van der Waals surface area contributed by atoms with Crippen LogP contribution in [-0.4, -0.2) is 302 Å². The highest BCUT2D eigenvalue weighted by Crippen LogP contribution is 2.12. The molecule has 0 unspecified atom stereocenters. The van der Waals surface area contributed by atoms with Crippen molar-refractivity contribution < 1.29 is 188 Å². The van der Waals surface area contributed by atoms with Crippen LogP contribution in [0.25, 0.3) is 0 Å². The normalized spacial score (nSPS) is 11.6. The number of carbonyl (C=O) groups excluding carboxylic acids is 12. The average Bonchev–Trinajstić information content (AvgIpc) is 3.74. The molecule has 39 nitrogen and oxygen atoms in total. The fourth-order valence-electron chi connectivity index (χ4n) is 5.59. The molecule has 0 radical (unpaired) electrons. The van der Waals surface area contributed by atoms with Crippen LogP contribution >= 0.6 is 0 Å². The van der Waals surface area contributed by atoms with E-state index < -0.39 is 160 Å². The van der Waals surface area contributed by atoms with Gasteiger partial charge in [-0.25, -0.2) is 38.4 Å². The first-order valence-corrected chi connectivity index (χ1v) is 27.6. The molecular weight excluding hydrogens is 1270 g/mol. The molecule has 6 N–H and O–H groups in total. The van der Waals surface area contributed by atoms with Crippen LogP contribution in [0.4, 0.5) is 0 Å². The Hall–Kier alpha value is -8.00. The zero-order valence-corrected chi connectivity index (χ0v) is 50.5. The Morgan fingerprint density at radius 2 is 0.398 bits per heavy atom. The summed E-state index contributed by atoms with van der Waals surface area (Å²) >= 11 is 0. The molecule has 0 heterocycles. The molecule has 0 aliphatic rings. The van der Waals surface area contributed by atoms with Crippen molar-refractivity contribution in [1.29, 1.82) is 0 Å². The first-order chi connectivity index (χ1) is 44.9. The molecular formula is C54H78O39. The summed E-state index contributed by atoms with van der Waals surface area (Å²) in [5.74, 6) is -14.6. The highest BCUT2D eigenvalue weighted by molar-refractivity contribution is 6.02. The first kappa shape index (κ1) is 85.0. The highest BCUT2D eigenvalue weighted by Gasteiger charge is 2.24. The van der Waals surface area contributed by atoms with Crippen LogP contribution in [-0.2, 0) is 157 Å². The van der Waals surface area contributed by atoms with Gasteiger partial charge in [0.15, 0.2) is 40.8 Å². The van der Waals surface area contributed by atoms with Crippen molar-refractivity contribution in [1.82, 2.24) is 0 Å². The third kappa shape index (κ3) is 50.3. The van der Waals surface area contributed by atoms with Gasteiger partial charge in [-0.2, -0.15) is 0 Å². The van der Waals surface area contributed by atoms with Gasteiger partial charge < -0.3 is 130 Å². The van der Waals surface area contributed by atoms with Gasteiger partial charge in [-0.15, -0.1) is 0 Å². The summed E-state index contributed by atoms with van der Waals surface area (Å²) in [7, 11) is 0. The Balaban J connectivity index is 6.12. The molecule has 528 valence electrons. The fraction of sp³-hybridized carbons (Fsp3) is 0.630. The molecule has 0 saturated carbocycles. The van der Waals surface area contributed by atoms with E-state index in [0.717, 1.165) is 0 Å². The minimum absolute atomic E-state index is 0.0428. The predicted molar refractivity (Wildman–Crippen MR) is 293 cm³/mol. The molecule has 0 spiro atoms. The Kier molecular flexibility index (Phi) is 54.0. The zero-order valence-electron chi connectivity index (χ0n) is 50.5. The number of aliphatic hydroxyl groups is 6. The van der Waals surface area contributed by atoms with Gasteiger partial charge in [-0.3, -0.25) is 19.2 Å². The number of aliphatic hydroxyl groups excluding tert-OH is 6. The molecule has 0 aromatic rings. The minimum atomic E-state index is -1.48. The molecule has 0 aliphatic heterocycles. The van der Waals surface area contributed by atoms with E-state index in [9.17, 15) is 57.5 Å². The van der Waals surface area contributed by atoms with E-state index in [1.807, 2.05) is 0 Å². The van der Waals surface area contributed by atoms with E-state index >= 15 is 0 Å². The minimum Gasteiger partial charge on any atom is -0.463 e. The molecule has 0 aromatic heterocycles. The second-order valence-electron chi connectivity index (χ2n) is 16.6. The van der Waals surface area contributed by atoms with Crippen LogP contribution < -0.4 is 0 Å². The van der Waals surface area contributed by atoms with Crippen molar-refractivity contribution in [2.24, 2.45) is 0 Å². The molecule has 93 heavy (non-hydrogen) atoms. The van der Waals surface area contributed by atoms with Gasteiger partial charge in [0.25, 0.3) is 0 Å². The van der Waals surface area contributed by atoms with Gasteiger partial charge in [0.1, 0.15) is 39.6 Å². The van der Waals surface area contributed by atoms with E-state index in [2.05, 4.69) is 0 Å². The van der Waals surface area contributed by atoms with E-state index in [1.165, 1.54) is 0 Å². The van der Waals surface area contributed by atoms with Gasteiger partial charge in [0, 0.05) is 24.3 Å². The Bertz CT molecular complexity index is 2340. The largest absolute Gasteiger partial charge is 0.463 e. The summed E-state index contributed by atoms with van der Waals surface area (Å²) in [4.78, 5) is 152. The highest BCUT2D eigenvalue weighted by atomic mass is 16.8. The van der Waals surface area contributed by atoms with Crippen LogP contribution in [0.5, 0.6) is 0 Å². The second-order valence-corrected chi connectivity index (χ2v) is 16.6. The molecule has 39 heteroatoms. The number of hydrogen-bond donors (Lipinski definition) is 6. The lowest BCUT2D eigenvalue weighted by Crippen LogP contribution is -2.20. The van der Waals surface area contributed by atoms with Gasteiger partial charge >= 0.3 is 71.6 Å². The Morgan fingerprint density at radius 1 is 0.204 bits per heavy atom. The molecule has 0 fully saturated rings. The third-order valence-electron chi connectivity index (χ3n) is 9.54. The number of ether oxygens (including phenoxy) is 21. The third-order valence-corrected chi connectivity index (χ3v) is 9.54. The summed E-state index contributed by atoms with van der Waals surface area (Å²) < 4.78 is 104. The first-order valence-electron chi connectivity index (χ1n) is 27.6. The van der Waals surface area contributed by atoms with Crippen molar-refractivity contribution in [3.8, 4) is 0 Å². The van der Waals surface area contributed by atoms with Crippen LogP contribution in [0, 0.1) is 0 Å². The lowest BCUT2D eigenvalue weighted by atomic mass is 10.2. The average molecular weight is 1350 g/mol. The summed E-state index contributed by atoms with van der Waals surface area (Å²) in [5, 5.41) is 53.0. The van der Waals surface area contributed by atoms with Crippen molar-refractivity contribution in [2.75, 3.05) is 199 Å². The Labute approximate surface area is 529 Å². The maximum Gasteiger partial charge on any atom is 0.336 e. The maximum atomic E-state index is 13.2. The lowest BCUT2D eigenvalue weighted by molar-refractivity contribution is -0.176. The van der Waals surface area contributed by atoms with Crippen LogP contribution in [0.15, 0.2) is 46.6 Å². The van der Waals surface area contributed by atoms with Gasteiger partial charge in [-0.1, -0.05) is 0 Å². The van der Waals surface area contributed by atoms with Gasteiger partial charge in [0.2, 0.25) is 0 Å². The molecule has 0 bridgehead atoms. The van der Waals surface area contributed by atoms with E-state index in [4.69, 9.17) is 130 Å². The topological polar surface area (TPSA) is 520 Å². The van der Waals surface area contributed by atoms with Crippen molar-refractivity contribution in [3.63, 3.8) is 0 Å². The van der Waals surface area contributed by atoms with Crippen LogP contribution in [0.1, 0.15) is 25.7 Å². The van der Waals surface area contributed by atoms with Crippen LogP contribution in [0.3, 0.4) is 0 Å². The molecule has 0 rings (SSSR count). The summed E-state index contributed by atoms with van der Waals surface area (Å²) in [6.07, 6.45) is -1.41. The maximum absolute atomic E-state index is 13.2. The van der Waals surface area contributed by atoms with Gasteiger partial charge in [0.05, 0.1) is 167 Å². The van der Waals surface area contributed by atoms with Crippen molar-refractivity contribution in [2.45, 2.75) is 25.7 Å². The second kappa shape index (κ2) is 59.0. The fourth-order valence-corrected chi connectivity index (χ4v) is 5.59. The SMILES string of the molecule is O=C(/C=C(/CC(=O)OCCOCCO)C(=O)OCCOCCO)OCOCOC(=O)/C=C(/CC(=O)OCOCOC(=O)/C=C(/CC(=O)OCCOCCO)C(=O)OCCOCCO)C(=O)OCOCOC(=O)/C=C(/CC(=O)OCCOCCO)C(=O)OCCOCCO. The van der Waals surface area contributed by atoms with Crippen molar-refractivity contribution >= 4 is 71.6 Å². The molecule has 0 aromatic carbocycles. The number of rotatable bonds is 58. The van der Waals surface area contributed by atoms with Crippen molar-refractivity contribution in [3.05, 3.63) is 46.6 Å². The lowest BCUT2D eigenvalue weighted by Gasteiger charge is -2.11. The smallest absolute Gasteiger partial charge is 0.336 e. The van der Waals surface area contributed by atoms with Crippen LogP contribution in [0.2, 0.25) is 0 Å². The number of esters is 12. The predicted octanol–water partition coefficient (Wildman–Crippen LogP) is -5.38. The number of carbonyl (C=O) groups is 12. The number of hydrogen-bond acceptors (Lipinski definition) is 39. The van der Waals surface area contributed by atoms with E-state index in [1.54, 1.807) is 0 Å². The molecule has 0 aliphatic carbocycles. The van der Waals surface area contributed by atoms with Gasteiger partial charge in [-0.05, 0) is 0 Å². The molecule has 0 atom stereocenters. The van der Waals surface area contributed by atoms with E-state index in [0.29, 0.717) is 24.3 Å². The molecule has 0 amide bonds. The summed E-state index contributed by atoms with van der Waals surface area (Å²) in [6.45, 7) is -11.0.